The summed E-state index contributed by atoms with van der Waals surface area (Å²) in [6.07, 6.45) is 1.04. The lowest BCUT2D eigenvalue weighted by molar-refractivity contribution is 0.291. The molecule has 1 aromatic rings. The fraction of sp³-hybridized carbons (Fsp3) is 0.500. The molecule has 0 aromatic heterocycles. The van der Waals surface area contributed by atoms with Gasteiger partial charge in [0.05, 0.1) is 11.6 Å². The number of nitriles is 1. The summed E-state index contributed by atoms with van der Waals surface area (Å²) >= 11 is 0. The monoisotopic (exact) mass is 249 g/mol. The van der Waals surface area contributed by atoms with E-state index in [9.17, 15) is 4.39 Å². The van der Waals surface area contributed by atoms with Gasteiger partial charge in [-0.1, -0.05) is 0 Å². The van der Waals surface area contributed by atoms with Crippen molar-refractivity contribution in [2.75, 3.05) is 34.2 Å². The van der Waals surface area contributed by atoms with Crippen molar-refractivity contribution in [1.82, 2.24) is 9.80 Å². The summed E-state index contributed by atoms with van der Waals surface area (Å²) in [5.74, 6) is -0.242. The van der Waals surface area contributed by atoms with Crippen molar-refractivity contribution in [3.05, 3.63) is 35.1 Å². The number of halogens is 1. The van der Waals surface area contributed by atoms with E-state index in [0.29, 0.717) is 17.7 Å². The summed E-state index contributed by atoms with van der Waals surface area (Å²) < 4.78 is 13.6. The Morgan fingerprint density at radius 2 is 1.94 bits per heavy atom. The van der Waals surface area contributed by atoms with Crippen molar-refractivity contribution >= 4 is 0 Å². The third-order valence-electron chi connectivity index (χ3n) is 2.76. The predicted molar refractivity (Wildman–Crippen MR) is 70.6 cm³/mol. The standard InChI is InChI=1S/C14H20FN3/c1-17(2)7-4-8-18(3)11-13-9-12(10-16)5-6-14(13)15/h5-6,9H,4,7-8,11H2,1-3H3. The minimum Gasteiger partial charge on any atom is -0.309 e. The zero-order valence-electron chi connectivity index (χ0n) is 11.3. The second-order valence-electron chi connectivity index (χ2n) is 4.81. The van der Waals surface area contributed by atoms with E-state index < -0.39 is 0 Å². The highest BCUT2D eigenvalue weighted by atomic mass is 19.1. The Hall–Kier alpha value is -1.44. The van der Waals surface area contributed by atoms with Crippen LogP contribution >= 0.6 is 0 Å². The Morgan fingerprint density at radius 1 is 1.22 bits per heavy atom. The van der Waals surface area contributed by atoms with Crippen molar-refractivity contribution in [2.24, 2.45) is 0 Å². The quantitative estimate of drug-likeness (QED) is 0.773. The summed E-state index contributed by atoms with van der Waals surface area (Å²) in [6, 6.07) is 6.52. The van der Waals surface area contributed by atoms with Crippen molar-refractivity contribution in [1.29, 1.82) is 5.26 Å². The van der Waals surface area contributed by atoms with Gasteiger partial charge in [-0.3, -0.25) is 0 Å². The molecule has 18 heavy (non-hydrogen) atoms. The van der Waals surface area contributed by atoms with Gasteiger partial charge in [0.25, 0.3) is 0 Å². The first-order valence-electron chi connectivity index (χ1n) is 6.04. The number of hydrogen-bond donors (Lipinski definition) is 0. The Bertz CT molecular complexity index is 424. The first-order valence-corrected chi connectivity index (χ1v) is 6.04. The number of benzene rings is 1. The molecule has 0 aliphatic carbocycles. The summed E-state index contributed by atoms with van der Waals surface area (Å²) in [7, 11) is 6.04. The molecular weight excluding hydrogens is 229 g/mol. The molecule has 0 radical (unpaired) electrons. The zero-order chi connectivity index (χ0) is 13.5. The molecule has 1 rings (SSSR count). The molecule has 0 N–H and O–H groups in total. The minimum atomic E-state index is -0.242. The molecule has 0 atom stereocenters. The van der Waals surface area contributed by atoms with E-state index in [1.165, 1.54) is 12.1 Å². The minimum absolute atomic E-state index is 0.242. The normalized spacial score (nSPS) is 10.9. The van der Waals surface area contributed by atoms with Crippen LogP contribution in [0.5, 0.6) is 0 Å². The Labute approximate surface area is 108 Å². The molecular formula is C14H20FN3. The molecule has 0 heterocycles. The Morgan fingerprint density at radius 3 is 2.56 bits per heavy atom. The van der Waals surface area contributed by atoms with E-state index in [1.807, 2.05) is 27.2 Å². The van der Waals surface area contributed by atoms with Gasteiger partial charge < -0.3 is 9.80 Å². The predicted octanol–water partition coefficient (Wildman–Crippen LogP) is 2.08. The zero-order valence-corrected chi connectivity index (χ0v) is 11.3. The van der Waals surface area contributed by atoms with E-state index in [1.54, 1.807) is 6.07 Å². The maximum absolute atomic E-state index is 13.6. The van der Waals surface area contributed by atoms with Gasteiger partial charge in [-0.25, -0.2) is 4.39 Å². The average Bonchev–Trinajstić information content (AvgIpc) is 2.31. The summed E-state index contributed by atoms with van der Waals surface area (Å²) in [5.41, 5.74) is 1.09. The van der Waals surface area contributed by atoms with Crippen molar-refractivity contribution in [2.45, 2.75) is 13.0 Å². The molecule has 0 amide bonds. The highest BCUT2D eigenvalue weighted by Crippen LogP contribution is 2.12. The van der Waals surface area contributed by atoms with Crippen LogP contribution in [0.2, 0.25) is 0 Å². The average molecular weight is 249 g/mol. The van der Waals surface area contributed by atoms with Crippen LogP contribution in [0.15, 0.2) is 18.2 Å². The van der Waals surface area contributed by atoms with Crippen LogP contribution in [-0.4, -0.2) is 44.0 Å². The van der Waals surface area contributed by atoms with Crippen molar-refractivity contribution in [3.8, 4) is 6.07 Å². The third-order valence-corrected chi connectivity index (χ3v) is 2.76. The molecule has 0 unspecified atom stereocenters. The topological polar surface area (TPSA) is 30.3 Å². The molecule has 1 aromatic carbocycles. The Balaban J connectivity index is 2.53. The third kappa shape index (κ3) is 4.82. The highest BCUT2D eigenvalue weighted by molar-refractivity contribution is 5.33. The molecule has 3 nitrogen and oxygen atoms in total. The van der Waals surface area contributed by atoms with Crippen LogP contribution in [0.1, 0.15) is 17.5 Å². The van der Waals surface area contributed by atoms with Crippen LogP contribution in [0, 0.1) is 17.1 Å². The largest absolute Gasteiger partial charge is 0.309 e. The molecule has 0 bridgehead atoms. The van der Waals surface area contributed by atoms with E-state index in [4.69, 9.17) is 5.26 Å². The first-order chi connectivity index (χ1) is 8.52. The van der Waals surface area contributed by atoms with Crippen molar-refractivity contribution < 1.29 is 4.39 Å². The molecule has 0 saturated carbocycles. The summed E-state index contributed by atoms with van der Waals surface area (Å²) in [6.45, 7) is 2.47. The maximum Gasteiger partial charge on any atom is 0.127 e. The van der Waals surface area contributed by atoms with Gasteiger partial charge in [0.15, 0.2) is 0 Å². The van der Waals surface area contributed by atoms with Gasteiger partial charge >= 0.3 is 0 Å². The van der Waals surface area contributed by atoms with Crippen LogP contribution in [0.25, 0.3) is 0 Å². The number of rotatable bonds is 6. The van der Waals surface area contributed by atoms with Crippen LogP contribution in [0.3, 0.4) is 0 Å². The lowest BCUT2D eigenvalue weighted by atomic mass is 10.1. The second-order valence-corrected chi connectivity index (χ2v) is 4.81. The molecule has 0 fully saturated rings. The summed E-state index contributed by atoms with van der Waals surface area (Å²) in [5, 5.41) is 8.80. The van der Waals surface area contributed by atoms with Crippen LogP contribution in [-0.2, 0) is 6.54 Å². The lowest BCUT2D eigenvalue weighted by Crippen LogP contribution is -2.23. The second kappa shape index (κ2) is 7.10. The van der Waals surface area contributed by atoms with Gasteiger partial charge in [-0.15, -0.1) is 0 Å². The van der Waals surface area contributed by atoms with E-state index in [2.05, 4.69) is 9.80 Å². The smallest absolute Gasteiger partial charge is 0.127 e. The molecule has 0 saturated heterocycles. The maximum atomic E-state index is 13.6. The van der Waals surface area contributed by atoms with Crippen LogP contribution < -0.4 is 0 Å². The van der Waals surface area contributed by atoms with E-state index in [-0.39, 0.29) is 5.82 Å². The molecule has 98 valence electrons. The van der Waals surface area contributed by atoms with Crippen LogP contribution in [0.4, 0.5) is 4.39 Å². The SMILES string of the molecule is CN(C)CCCN(C)Cc1cc(C#N)ccc1F. The Kier molecular flexibility index (Phi) is 5.76. The first kappa shape index (κ1) is 14.6. The molecule has 4 heteroatoms. The number of hydrogen-bond acceptors (Lipinski definition) is 3. The van der Waals surface area contributed by atoms with Gasteiger partial charge in [0, 0.05) is 12.1 Å². The summed E-state index contributed by atoms with van der Waals surface area (Å²) in [4.78, 5) is 4.20. The molecule has 0 aliphatic heterocycles. The molecule has 0 spiro atoms. The number of nitrogens with zero attached hydrogens (tertiary/aromatic N) is 3. The highest BCUT2D eigenvalue weighted by Gasteiger charge is 2.07. The van der Waals surface area contributed by atoms with Gasteiger partial charge in [-0.2, -0.15) is 5.26 Å². The molecule has 0 aliphatic rings. The lowest BCUT2D eigenvalue weighted by Gasteiger charge is -2.18. The van der Waals surface area contributed by atoms with Crippen molar-refractivity contribution in [3.63, 3.8) is 0 Å². The van der Waals surface area contributed by atoms with Gasteiger partial charge in [0.2, 0.25) is 0 Å². The van der Waals surface area contributed by atoms with Gasteiger partial charge in [-0.05, 0) is 58.9 Å². The van der Waals surface area contributed by atoms with Gasteiger partial charge in [0.1, 0.15) is 5.82 Å². The van der Waals surface area contributed by atoms with E-state index >= 15 is 0 Å². The fourth-order valence-electron chi connectivity index (χ4n) is 1.79. The van der Waals surface area contributed by atoms with E-state index in [0.717, 1.165) is 19.5 Å². The fourth-order valence-corrected chi connectivity index (χ4v) is 1.79.